The number of thioether (sulfide) groups is 1. The Morgan fingerprint density at radius 1 is 0.906 bits per heavy atom. The van der Waals surface area contributed by atoms with Crippen LogP contribution in [-0.2, 0) is 0 Å². The predicted octanol–water partition coefficient (Wildman–Crippen LogP) is 4.63. The van der Waals surface area contributed by atoms with Crippen molar-refractivity contribution in [1.82, 2.24) is 19.2 Å². The molecule has 2 heterocycles. The first kappa shape index (κ1) is 20.2. The number of hydrogen-bond acceptors (Lipinski definition) is 5. The van der Waals surface area contributed by atoms with Crippen molar-refractivity contribution in [2.75, 3.05) is 5.75 Å². The standard InChI is InChI=1S/C25H20N4O2S/c1-16-11-13-18(14-12-16)22(30)15-32-25-27-26-24-28(20-9-5-3-7-17(20)2)23(31)19-8-4-6-10-21(19)29(24)25/h3-14H,15H2,1-2H3. The van der Waals surface area contributed by atoms with Gasteiger partial charge in [0.1, 0.15) is 0 Å². The Balaban J connectivity index is 1.64. The lowest BCUT2D eigenvalue weighted by atomic mass is 10.1. The van der Waals surface area contributed by atoms with Gasteiger partial charge in [0.05, 0.1) is 22.3 Å². The summed E-state index contributed by atoms with van der Waals surface area (Å²) in [7, 11) is 0. The first-order chi connectivity index (χ1) is 15.5. The van der Waals surface area contributed by atoms with E-state index in [1.807, 2.05) is 85.0 Å². The second-order valence-electron chi connectivity index (χ2n) is 7.64. The molecule has 6 nitrogen and oxygen atoms in total. The summed E-state index contributed by atoms with van der Waals surface area (Å²) in [4.78, 5) is 26.1. The predicted molar refractivity (Wildman–Crippen MR) is 127 cm³/mol. The highest BCUT2D eigenvalue weighted by molar-refractivity contribution is 7.99. The summed E-state index contributed by atoms with van der Waals surface area (Å²) in [5.41, 5.74) is 4.05. The van der Waals surface area contributed by atoms with Gasteiger partial charge in [-0.05, 0) is 37.6 Å². The fourth-order valence-corrected chi connectivity index (χ4v) is 4.59. The molecule has 0 spiro atoms. The number of benzene rings is 3. The molecular weight excluding hydrogens is 420 g/mol. The molecule has 7 heteroatoms. The Bertz CT molecular complexity index is 1530. The van der Waals surface area contributed by atoms with Gasteiger partial charge in [0.15, 0.2) is 10.9 Å². The summed E-state index contributed by atoms with van der Waals surface area (Å²) < 4.78 is 3.45. The van der Waals surface area contributed by atoms with E-state index in [0.717, 1.165) is 16.8 Å². The van der Waals surface area contributed by atoms with Crippen LogP contribution in [0.25, 0.3) is 22.4 Å². The number of Topliss-reactive ketones (excluding diaryl/α,β-unsaturated/α-hetero) is 1. The van der Waals surface area contributed by atoms with Crippen LogP contribution >= 0.6 is 11.8 Å². The summed E-state index contributed by atoms with van der Waals surface area (Å²) in [5.74, 6) is 0.665. The number of carbonyl (C=O) groups excluding carboxylic acids is 1. The van der Waals surface area contributed by atoms with Crippen molar-refractivity contribution < 1.29 is 4.79 Å². The molecule has 158 valence electrons. The third kappa shape index (κ3) is 3.40. The molecule has 0 aliphatic rings. The molecule has 0 fully saturated rings. The molecule has 32 heavy (non-hydrogen) atoms. The number of ketones is 1. The summed E-state index contributed by atoms with van der Waals surface area (Å²) >= 11 is 1.32. The molecule has 0 atom stereocenters. The van der Waals surface area contributed by atoms with Crippen molar-refractivity contribution in [1.29, 1.82) is 0 Å². The second-order valence-corrected chi connectivity index (χ2v) is 8.58. The summed E-state index contributed by atoms with van der Waals surface area (Å²) in [5, 5.41) is 9.83. The highest BCUT2D eigenvalue weighted by Crippen LogP contribution is 2.24. The van der Waals surface area contributed by atoms with E-state index in [2.05, 4.69) is 10.2 Å². The van der Waals surface area contributed by atoms with E-state index in [-0.39, 0.29) is 17.1 Å². The normalized spacial score (nSPS) is 11.3. The highest BCUT2D eigenvalue weighted by Gasteiger charge is 2.19. The van der Waals surface area contributed by atoms with Gasteiger partial charge in [-0.1, -0.05) is 71.9 Å². The van der Waals surface area contributed by atoms with E-state index in [9.17, 15) is 9.59 Å². The Kier molecular flexibility index (Phi) is 5.11. The minimum atomic E-state index is -0.151. The van der Waals surface area contributed by atoms with Crippen molar-refractivity contribution in [3.8, 4) is 5.69 Å². The van der Waals surface area contributed by atoms with Crippen LogP contribution in [-0.4, -0.2) is 30.7 Å². The Morgan fingerprint density at radius 2 is 1.62 bits per heavy atom. The van der Waals surface area contributed by atoms with Crippen LogP contribution in [0.15, 0.2) is 82.7 Å². The number of aryl methyl sites for hydroxylation is 2. The molecule has 3 aromatic carbocycles. The van der Waals surface area contributed by atoms with Gasteiger partial charge in [-0.25, -0.2) is 4.57 Å². The average molecular weight is 441 g/mol. The Labute approximate surface area is 188 Å². The third-order valence-electron chi connectivity index (χ3n) is 5.46. The van der Waals surface area contributed by atoms with Crippen molar-refractivity contribution in [3.05, 3.63) is 99.8 Å². The molecule has 0 saturated heterocycles. The molecule has 0 N–H and O–H groups in total. The largest absolute Gasteiger partial charge is 0.293 e. The molecule has 5 rings (SSSR count). The Hall–Kier alpha value is -3.71. The van der Waals surface area contributed by atoms with E-state index in [1.54, 1.807) is 10.6 Å². The van der Waals surface area contributed by atoms with Crippen molar-refractivity contribution in [2.24, 2.45) is 0 Å². The third-order valence-corrected chi connectivity index (χ3v) is 6.39. The minimum Gasteiger partial charge on any atom is -0.293 e. The van der Waals surface area contributed by atoms with Crippen LogP contribution in [0.5, 0.6) is 0 Å². The first-order valence-electron chi connectivity index (χ1n) is 10.2. The lowest BCUT2D eigenvalue weighted by molar-refractivity contribution is 0.102. The van der Waals surface area contributed by atoms with Gasteiger partial charge < -0.3 is 0 Å². The monoisotopic (exact) mass is 440 g/mol. The van der Waals surface area contributed by atoms with Crippen LogP contribution in [0, 0.1) is 13.8 Å². The van der Waals surface area contributed by atoms with Crippen molar-refractivity contribution in [2.45, 2.75) is 19.0 Å². The number of rotatable bonds is 5. The summed E-state index contributed by atoms with van der Waals surface area (Å²) in [6, 6.07) is 22.6. The van der Waals surface area contributed by atoms with E-state index >= 15 is 0 Å². The zero-order valence-corrected chi connectivity index (χ0v) is 18.5. The Morgan fingerprint density at radius 3 is 2.41 bits per heavy atom. The molecule has 2 aromatic heterocycles. The number of para-hydroxylation sites is 2. The lowest BCUT2D eigenvalue weighted by Crippen LogP contribution is -2.22. The summed E-state index contributed by atoms with van der Waals surface area (Å²) in [6.07, 6.45) is 0. The van der Waals surface area contributed by atoms with Gasteiger partial charge >= 0.3 is 0 Å². The van der Waals surface area contributed by atoms with Gasteiger partial charge in [0.2, 0.25) is 5.78 Å². The van der Waals surface area contributed by atoms with Crippen molar-refractivity contribution in [3.63, 3.8) is 0 Å². The molecule has 5 aromatic rings. The number of aromatic nitrogens is 4. The number of carbonyl (C=O) groups is 1. The van der Waals surface area contributed by atoms with E-state index in [0.29, 0.717) is 27.4 Å². The van der Waals surface area contributed by atoms with Crippen molar-refractivity contribution >= 4 is 34.2 Å². The molecule has 0 aliphatic carbocycles. The van der Waals surface area contributed by atoms with Crippen LogP contribution in [0.2, 0.25) is 0 Å². The molecule has 0 amide bonds. The molecule has 0 radical (unpaired) electrons. The van der Waals surface area contributed by atoms with Gasteiger partial charge in [0.25, 0.3) is 5.56 Å². The van der Waals surface area contributed by atoms with Crippen LogP contribution in [0.3, 0.4) is 0 Å². The second kappa shape index (κ2) is 8.09. The fraction of sp³-hybridized carbons (Fsp3) is 0.120. The average Bonchev–Trinajstić information content (AvgIpc) is 3.23. The highest BCUT2D eigenvalue weighted by atomic mass is 32.2. The molecule has 0 unspecified atom stereocenters. The molecule has 0 bridgehead atoms. The maximum Gasteiger partial charge on any atom is 0.267 e. The number of hydrogen-bond donors (Lipinski definition) is 0. The zero-order valence-electron chi connectivity index (χ0n) is 17.6. The van der Waals surface area contributed by atoms with E-state index in [1.165, 1.54) is 11.8 Å². The number of fused-ring (bicyclic) bond motifs is 3. The lowest BCUT2D eigenvalue weighted by Gasteiger charge is -2.13. The van der Waals surface area contributed by atoms with Crippen LogP contribution in [0.4, 0.5) is 0 Å². The van der Waals surface area contributed by atoms with E-state index < -0.39 is 0 Å². The molecular formula is C25H20N4O2S. The topological polar surface area (TPSA) is 69.3 Å². The maximum atomic E-state index is 13.4. The zero-order chi connectivity index (χ0) is 22.2. The first-order valence-corrected chi connectivity index (χ1v) is 11.2. The smallest absolute Gasteiger partial charge is 0.267 e. The van der Waals surface area contributed by atoms with Gasteiger partial charge in [-0.2, -0.15) is 0 Å². The van der Waals surface area contributed by atoms with E-state index in [4.69, 9.17) is 0 Å². The van der Waals surface area contributed by atoms with Crippen LogP contribution < -0.4 is 5.56 Å². The van der Waals surface area contributed by atoms with Crippen LogP contribution in [0.1, 0.15) is 21.5 Å². The summed E-state index contributed by atoms with van der Waals surface area (Å²) in [6.45, 7) is 3.95. The van der Waals surface area contributed by atoms with Gasteiger partial charge in [-0.3, -0.25) is 14.0 Å². The fourth-order valence-electron chi connectivity index (χ4n) is 3.76. The van der Waals surface area contributed by atoms with Gasteiger partial charge in [0, 0.05) is 5.56 Å². The number of nitrogens with zero attached hydrogens (tertiary/aromatic N) is 4. The quantitative estimate of drug-likeness (QED) is 0.295. The maximum absolute atomic E-state index is 13.4. The molecule has 0 saturated carbocycles. The van der Waals surface area contributed by atoms with Gasteiger partial charge in [-0.15, -0.1) is 10.2 Å². The SMILES string of the molecule is Cc1ccc(C(=O)CSc2nnc3n(-c4ccccc4C)c(=O)c4ccccc4n23)cc1. The molecule has 0 aliphatic heterocycles. The minimum absolute atomic E-state index is 0.0169.